The molecule has 16 heteroatoms. The summed E-state index contributed by atoms with van der Waals surface area (Å²) in [5, 5.41) is 24.9. The van der Waals surface area contributed by atoms with E-state index in [1.807, 2.05) is 121 Å². The van der Waals surface area contributed by atoms with Gasteiger partial charge in [-0.1, -0.05) is 204 Å². The van der Waals surface area contributed by atoms with E-state index < -0.39 is 70.1 Å². The highest BCUT2D eigenvalue weighted by molar-refractivity contribution is 6.33. The van der Waals surface area contributed by atoms with E-state index in [1.165, 1.54) is 13.8 Å². The van der Waals surface area contributed by atoms with Crippen LogP contribution in [0.3, 0.4) is 0 Å². The molecule has 0 aromatic heterocycles. The molecule has 6 atom stereocenters. The molecule has 12 nitrogen and oxygen atoms in total. The Hall–Kier alpha value is -8.78. The lowest BCUT2D eigenvalue weighted by atomic mass is 9.53. The fraction of sp³-hybridized carbons (Fsp3) is 0.171. The quantitative estimate of drug-likeness (QED) is 0.126. The van der Waals surface area contributed by atoms with Crippen LogP contribution >= 0.6 is 46.4 Å². The Morgan fingerprint density at radius 1 is 0.442 bits per heavy atom. The number of hydrogen-bond donors (Lipinski definition) is 2. The summed E-state index contributed by atoms with van der Waals surface area (Å²) in [5.74, 6) is -7.38. The molecule has 8 aromatic rings. The van der Waals surface area contributed by atoms with Crippen LogP contribution < -0.4 is 9.80 Å². The second-order valence-electron chi connectivity index (χ2n) is 21.5. The highest BCUT2D eigenvalue weighted by Gasteiger charge is 2.67. The number of aliphatic hydroxyl groups is 2. The average molecular weight is 1230 g/mol. The Bertz CT molecular complexity index is 3810. The molecular formula is C70H54Cl4N2O10. The number of halogens is 4. The number of benzene rings is 8. The maximum atomic E-state index is 15.0. The lowest BCUT2D eigenvalue weighted by Gasteiger charge is -2.47. The molecule has 12 rings (SSSR count). The summed E-state index contributed by atoms with van der Waals surface area (Å²) in [6.07, 6.45) is -0.0905. The number of carbonyl (C=O) groups excluding carboxylic acids is 6. The average Bonchev–Trinajstić information content (AvgIpc) is 1.48. The minimum absolute atomic E-state index is 0.0342. The van der Waals surface area contributed by atoms with E-state index >= 15 is 0 Å². The van der Waals surface area contributed by atoms with E-state index in [-0.39, 0.29) is 48.7 Å². The van der Waals surface area contributed by atoms with Gasteiger partial charge in [0.1, 0.15) is 24.7 Å². The normalized spacial score (nSPS) is 21.2. The maximum absolute atomic E-state index is 15.0. The van der Waals surface area contributed by atoms with Crippen molar-refractivity contribution in [2.75, 3.05) is 9.80 Å². The first kappa shape index (κ1) is 59.0. The van der Waals surface area contributed by atoms with Crippen molar-refractivity contribution in [3.8, 4) is 0 Å². The third-order valence-corrected chi connectivity index (χ3v) is 17.6. The molecule has 4 amide bonds. The molecular weight excluding hydrogens is 1170 g/mol. The third-order valence-electron chi connectivity index (χ3n) is 16.7. The molecule has 2 spiro atoms. The Balaban J connectivity index is 0.000000179. The number of imide groups is 2. The van der Waals surface area contributed by atoms with Crippen LogP contribution in [0.1, 0.15) is 94.9 Å². The number of amides is 4. The second-order valence-corrected chi connectivity index (χ2v) is 23.3. The zero-order chi connectivity index (χ0) is 60.6. The first-order valence-corrected chi connectivity index (χ1v) is 29.1. The highest BCUT2D eigenvalue weighted by Crippen LogP contribution is 2.65. The predicted molar refractivity (Wildman–Crippen MR) is 330 cm³/mol. The van der Waals surface area contributed by atoms with E-state index in [0.29, 0.717) is 53.7 Å². The lowest BCUT2D eigenvalue weighted by molar-refractivity contribution is -0.143. The maximum Gasteiger partial charge on any atom is 0.338 e. The Morgan fingerprint density at radius 2 is 0.767 bits per heavy atom. The summed E-state index contributed by atoms with van der Waals surface area (Å²) in [6, 6.07) is 60.8. The number of esters is 2. The van der Waals surface area contributed by atoms with Gasteiger partial charge in [0.25, 0.3) is 0 Å². The van der Waals surface area contributed by atoms with Gasteiger partial charge in [0.2, 0.25) is 23.6 Å². The van der Waals surface area contributed by atoms with Gasteiger partial charge in [-0.05, 0) is 93.0 Å². The smallest absolute Gasteiger partial charge is 0.338 e. The van der Waals surface area contributed by atoms with Gasteiger partial charge in [0.15, 0.2) is 0 Å². The van der Waals surface area contributed by atoms with Crippen molar-refractivity contribution in [3.05, 3.63) is 294 Å². The molecule has 2 aliphatic carbocycles. The van der Waals surface area contributed by atoms with Crippen LogP contribution in [0.2, 0.25) is 20.1 Å². The van der Waals surface area contributed by atoms with Gasteiger partial charge in [0.05, 0.1) is 33.4 Å². The molecule has 86 heavy (non-hydrogen) atoms. The summed E-state index contributed by atoms with van der Waals surface area (Å²) in [4.78, 5) is 86.5. The number of rotatable bonds is 10. The molecule has 8 aromatic carbocycles. The molecule has 2 N–H and O–H groups in total. The molecule has 0 bridgehead atoms. The van der Waals surface area contributed by atoms with Crippen LogP contribution in [0.15, 0.2) is 229 Å². The largest absolute Gasteiger partial charge is 0.512 e. The molecule has 0 radical (unpaired) electrons. The number of fused-ring (bicyclic) bond motifs is 4. The van der Waals surface area contributed by atoms with Gasteiger partial charge in [-0.15, -0.1) is 0 Å². The number of hydrogen-bond acceptors (Lipinski definition) is 10. The van der Waals surface area contributed by atoms with Crippen molar-refractivity contribution in [2.45, 2.75) is 74.4 Å². The van der Waals surface area contributed by atoms with Crippen molar-refractivity contribution in [1.82, 2.24) is 0 Å². The molecule has 4 aliphatic rings. The zero-order valence-electron chi connectivity index (χ0n) is 46.3. The topological polar surface area (TPSA) is 168 Å². The number of carbonyl (C=O) groups is 6. The molecule has 2 aliphatic heterocycles. The van der Waals surface area contributed by atoms with E-state index in [2.05, 4.69) is 0 Å². The van der Waals surface area contributed by atoms with Gasteiger partial charge >= 0.3 is 11.9 Å². The van der Waals surface area contributed by atoms with Gasteiger partial charge in [-0.3, -0.25) is 19.2 Å². The van der Waals surface area contributed by atoms with Crippen LogP contribution in [0, 0.1) is 0 Å². The monoisotopic (exact) mass is 1220 g/mol. The standard InChI is InChI=1S/2C35H27Cl2NO5/c2*1-21(39)38-29-18-26(37)15-16-27(29)35(34(38)42)28(23-11-6-3-7-12-23)19-30(40)31(32(35)24-13-8-14-25(36)17-24)33(41)43-20-22-9-4-2-5-10-22/h2*2-18,28,32,40H,19-20H2,1H3/t2*28-,32+,35+/m00/s1. The molecule has 0 saturated heterocycles. The highest BCUT2D eigenvalue weighted by atomic mass is 35.5. The van der Waals surface area contributed by atoms with E-state index in [1.54, 1.807) is 84.9 Å². The Labute approximate surface area is 516 Å². The van der Waals surface area contributed by atoms with Crippen LogP contribution in [-0.2, 0) is 62.3 Å². The molecule has 2 heterocycles. The summed E-state index contributed by atoms with van der Waals surface area (Å²) in [5.41, 5.74) is 2.66. The first-order valence-electron chi connectivity index (χ1n) is 27.6. The molecule has 0 saturated carbocycles. The van der Waals surface area contributed by atoms with Gasteiger partial charge in [-0.25, -0.2) is 19.4 Å². The summed E-state index contributed by atoms with van der Waals surface area (Å²) >= 11 is 25.8. The van der Waals surface area contributed by atoms with Gasteiger partial charge in [0, 0.05) is 70.5 Å². The second kappa shape index (κ2) is 24.3. The Morgan fingerprint density at radius 3 is 1.10 bits per heavy atom. The number of allylic oxidation sites excluding steroid dienone is 2. The minimum Gasteiger partial charge on any atom is -0.512 e. The van der Waals surface area contributed by atoms with E-state index in [0.717, 1.165) is 32.1 Å². The zero-order valence-corrected chi connectivity index (χ0v) is 49.4. The fourth-order valence-electron chi connectivity index (χ4n) is 13.3. The lowest BCUT2D eigenvalue weighted by Crippen LogP contribution is -2.53. The Kier molecular flexibility index (Phi) is 16.7. The predicted octanol–water partition coefficient (Wildman–Crippen LogP) is 15.3. The van der Waals surface area contributed by atoms with Crippen LogP contribution in [0.25, 0.3) is 0 Å². The van der Waals surface area contributed by atoms with Crippen molar-refractivity contribution in [1.29, 1.82) is 0 Å². The van der Waals surface area contributed by atoms with Crippen LogP contribution in [0.4, 0.5) is 11.4 Å². The molecule has 432 valence electrons. The van der Waals surface area contributed by atoms with E-state index in [4.69, 9.17) is 55.9 Å². The van der Waals surface area contributed by atoms with Crippen molar-refractivity contribution < 1.29 is 48.5 Å². The van der Waals surface area contributed by atoms with Crippen molar-refractivity contribution in [3.63, 3.8) is 0 Å². The number of aliphatic hydroxyl groups excluding tert-OH is 2. The molecule has 0 unspecified atom stereocenters. The van der Waals surface area contributed by atoms with Crippen molar-refractivity contribution >= 4 is 93.3 Å². The SMILES string of the molecule is CC(=O)N1C(=O)[C@]2(c3ccc(Cl)cc31)[C@H](c1ccccc1)CC(O)=C(C(=O)OCc1ccccc1)[C@H]2c1cccc(Cl)c1.CC(=O)N1C(=O)[C@]2(c3ccc(Cl)cc31)[C@H](c1ccccc1)CC(O)=C(C(=O)OCc1ccccc1)[C@H]2c1cccc(Cl)c1. The fourth-order valence-corrected chi connectivity index (χ4v) is 14.0. The minimum atomic E-state index is -1.54. The van der Waals surface area contributed by atoms with E-state index in [9.17, 15) is 39.0 Å². The number of ether oxygens (including phenoxy) is 2. The van der Waals surface area contributed by atoms with Crippen molar-refractivity contribution in [2.24, 2.45) is 0 Å². The third kappa shape index (κ3) is 10.4. The van der Waals surface area contributed by atoms with Gasteiger partial charge < -0.3 is 19.7 Å². The summed E-state index contributed by atoms with van der Waals surface area (Å²) in [6.45, 7) is 2.57. The van der Waals surface area contributed by atoms with Crippen LogP contribution in [0.5, 0.6) is 0 Å². The van der Waals surface area contributed by atoms with Crippen LogP contribution in [-0.4, -0.2) is 45.8 Å². The molecule has 0 fully saturated rings. The summed E-state index contributed by atoms with van der Waals surface area (Å²) < 4.78 is 11.6. The number of nitrogens with zero attached hydrogens (tertiary/aromatic N) is 2. The first-order chi connectivity index (χ1) is 41.5. The van der Waals surface area contributed by atoms with Gasteiger partial charge in [-0.2, -0.15) is 0 Å². The number of anilines is 2. The summed E-state index contributed by atoms with van der Waals surface area (Å²) in [7, 11) is 0.